The van der Waals surface area contributed by atoms with Crippen LogP contribution in [0.1, 0.15) is 30.1 Å². The molecule has 1 saturated heterocycles. The van der Waals surface area contributed by atoms with Crippen LogP contribution in [0.5, 0.6) is 0 Å². The first kappa shape index (κ1) is 16.4. The minimum atomic E-state index is -1.07. The summed E-state index contributed by atoms with van der Waals surface area (Å²) in [6, 6.07) is 8.51. The average molecular weight is 324 g/mol. The second-order valence-corrected chi connectivity index (χ2v) is 6.05. The van der Waals surface area contributed by atoms with Crippen molar-refractivity contribution in [2.45, 2.75) is 36.6 Å². The van der Waals surface area contributed by atoms with Crippen LogP contribution in [0.4, 0.5) is 0 Å². The molecule has 0 aromatic heterocycles. The van der Waals surface area contributed by atoms with Crippen molar-refractivity contribution < 1.29 is 29.0 Å². The van der Waals surface area contributed by atoms with Crippen LogP contribution in [-0.4, -0.2) is 39.8 Å². The SMILES string of the molecule is CCC(OC(=O)c1ccccc1)C1OC(=O)[C@H](CC(=O)O)S1. The lowest BCUT2D eigenvalue weighted by atomic mass is 10.2. The summed E-state index contributed by atoms with van der Waals surface area (Å²) in [5.41, 5.74) is -0.258. The zero-order valence-corrected chi connectivity index (χ0v) is 12.7. The lowest BCUT2D eigenvalue weighted by molar-refractivity contribution is -0.148. The van der Waals surface area contributed by atoms with Crippen molar-refractivity contribution in [1.82, 2.24) is 0 Å². The van der Waals surface area contributed by atoms with Crippen LogP contribution < -0.4 is 0 Å². The lowest BCUT2D eigenvalue weighted by Gasteiger charge is -2.20. The molecule has 1 aliphatic rings. The van der Waals surface area contributed by atoms with Crippen LogP contribution in [0.3, 0.4) is 0 Å². The third-order valence-electron chi connectivity index (χ3n) is 3.13. The number of esters is 2. The number of hydrogen-bond donors (Lipinski definition) is 1. The Morgan fingerprint density at radius 1 is 1.36 bits per heavy atom. The third kappa shape index (κ3) is 4.00. The van der Waals surface area contributed by atoms with E-state index in [1.54, 1.807) is 30.3 Å². The van der Waals surface area contributed by atoms with Gasteiger partial charge in [-0.05, 0) is 18.6 Å². The molecule has 0 bridgehead atoms. The Hall–Kier alpha value is -2.02. The number of thioether (sulfide) groups is 1. The summed E-state index contributed by atoms with van der Waals surface area (Å²) < 4.78 is 10.5. The molecule has 1 fully saturated rings. The number of carbonyl (C=O) groups excluding carboxylic acids is 2. The van der Waals surface area contributed by atoms with Crippen LogP contribution >= 0.6 is 11.8 Å². The molecule has 1 aromatic carbocycles. The van der Waals surface area contributed by atoms with E-state index in [2.05, 4.69) is 0 Å². The zero-order chi connectivity index (χ0) is 16.1. The van der Waals surface area contributed by atoms with Gasteiger partial charge in [-0.3, -0.25) is 9.59 Å². The van der Waals surface area contributed by atoms with E-state index in [-0.39, 0.29) is 6.42 Å². The van der Waals surface area contributed by atoms with Gasteiger partial charge in [0.1, 0.15) is 11.4 Å². The van der Waals surface area contributed by atoms with Crippen LogP contribution in [0.25, 0.3) is 0 Å². The van der Waals surface area contributed by atoms with E-state index >= 15 is 0 Å². The van der Waals surface area contributed by atoms with Crippen LogP contribution in [0.15, 0.2) is 30.3 Å². The summed E-state index contributed by atoms with van der Waals surface area (Å²) in [7, 11) is 0. The fourth-order valence-corrected chi connectivity index (χ4v) is 3.30. The maximum absolute atomic E-state index is 12.0. The molecule has 1 aromatic rings. The quantitative estimate of drug-likeness (QED) is 0.801. The van der Waals surface area contributed by atoms with E-state index in [1.165, 1.54) is 0 Å². The van der Waals surface area contributed by atoms with Crippen molar-refractivity contribution >= 4 is 29.7 Å². The largest absolute Gasteiger partial charge is 0.481 e. The third-order valence-corrected chi connectivity index (χ3v) is 4.48. The molecule has 2 rings (SSSR count). The van der Waals surface area contributed by atoms with Gasteiger partial charge in [0.2, 0.25) is 0 Å². The van der Waals surface area contributed by atoms with Gasteiger partial charge in [0.25, 0.3) is 0 Å². The standard InChI is InChI=1S/C15H16O6S/c1-2-10(20-13(18)9-6-4-3-5-7-9)15-21-14(19)11(22-15)8-12(16)17/h3-7,10-11,15H,2,8H2,1H3,(H,16,17)/t10?,11-,15?/m0/s1. The highest BCUT2D eigenvalue weighted by atomic mass is 32.2. The summed E-state index contributed by atoms with van der Waals surface area (Å²) in [5, 5.41) is 8.00. The van der Waals surface area contributed by atoms with Crippen molar-refractivity contribution in [3.63, 3.8) is 0 Å². The van der Waals surface area contributed by atoms with Crippen molar-refractivity contribution in [2.75, 3.05) is 0 Å². The topological polar surface area (TPSA) is 89.9 Å². The van der Waals surface area contributed by atoms with Crippen molar-refractivity contribution in [2.24, 2.45) is 0 Å². The van der Waals surface area contributed by atoms with Gasteiger partial charge in [-0.15, -0.1) is 0 Å². The summed E-state index contributed by atoms with van der Waals surface area (Å²) in [4.78, 5) is 34.4. The molecule has 1 N–H and O–H groups in total. The predicted octanol–water partition coefficient (Wildman–Crippen LogP) is 2.08. The van der Waals surface area contributed by atoms with Gasteiger partial charge in [-0.2, -0.15) is 0 Å². The number of carbonyl (C=O) groups is 3. The van der Waals surface area contributed by atoms with E-state index in [0.717, 1.165) is 11.8 Å². The smallest absolute Gasteiger partial charge is 0.338 e. The highest BCUT2D eigenvalue weighted by Gasteiger charge is 2.41. The minimum absolute atomic E-state index is 0.303. The van der Waals surface area contributed by atoms with Crippen LogP contribution in [-0.2, 0) is 19.1 Å². The van der Waals surface area contributed by atoms with Crippen molar-refractivity contribution in [1.29, 1.82) is 0 Å². The molecule has 0 radical (unpaired) electrons. The first-order valence-electron chi connectivity index (χ1n) is 6.85. The monoisotopic (exact) mass is 324 g/mol. The molecule has 1 heterocycles. The van der Waals surface area contributed by atoms with Crippen molar-refractivity contribution in [3.8, 4) is 0 Å². The predicted molar refractivity (Wildman–Crippen MR) is 79.4 cm³/mol. The van der Waals surface area contributed by atoms with Gasteiger partial charge in [-0.1, -0.05) is 36.9 Å². The highest BCUT2D eigenvalue weighted by molar-refractivity contribution is 8.01. The number of rotatable bonds is 6. The van der Waals surface area contributed by atoms with Gasteiger partial charge in [-0.25, -0.2) is 4.79 Å². The zero-order valence-electron chi connectivity index (χ0n) is 11.9. The Balaban J connectivity index is 1.99. The Morgan fingerprint density at radius 3 is 2.64 bits per heavy atom. The second-order valence-electron chi connectivity index (χ2n) is 4.75. The van der Waals surface area contributed by atoms with E-state index in [4.69, 9.17) is 14.6 Å². The Morgan fingerprint density at radius 2 is 2.05 bits per heavy atom. The van der Waals surface area contributed by atoms with Crippen LogP contribution in [0.2, 0.25) is 0 Å². The van der Waals surface area contributed by atoms with E-state index in [1.807, 2.05) is 6.92 Å². The molecule has 22 heavy (non-hydrogen) atoms. The number of cyclic esters (lactones) is 1. The number of ether oxygens (including phenoxy) is 2. The highest BCUT2D eigenvalue weighted by Crippen LogP contribution is 2.35. The molecule has 2 unspecified atom stereocenters. The van der Waals surface area contributed by atoms with E-state index < -0.39 is 34.7 Å². The van der Waals surface area contributed by atoms with Gasteiger partial charge in [0, 0.05) is 0 Å². The summed E-state index contributed by atoms with van der Waals surface area (Å²) >= 11 is 1.09. The molecule has 0 spiro atoms. The maximum Gasteiger partial charge on any atom is 0.338 e. The fourth-order valence-electron chi connectivity index (χ4n) is 2.00. The number of benzene rings is 1. The summed E-state index contributed by atoms with van der Waals surface area (Å²) in [5.74, 6) is -2.14. The molecular formula is C15H16O6S. The molecule has 0 saturated carbocycles. The molecule has 3 atom stereocenters. The number of carboxylic acids is 1. The van der Waals surface area contributed by atoms with Crippen molar-refractivity contribution in [3.05, 3.63) is 35.9 Å². The summed E-state index contributed by atoms with van der Waals surface area (Å²) in [6.07, 6.45) is -0.452. The van der Waals surface area contributed by atoms with E-state index in [0.29, 0.717) is 12.0 Å². The number of carboxylic acid groups (broad SMARTS) is 1. The lowest BCUT2D eigenvalue weighted by Crippen LogP contribution is -2.29. The first-order chi connectivity index (χ1) is 10.5. The average Bonchev–Trinajstić information content (AvgIpc) is 2.85. The molecular weight excluding hydrogens is 308 g/mol. The van der Waals surface area contributed by atoms with Gasteiger partial charge >= 0.3 is 17.9 Å². The molecule has 1 aliphatic heterocycles. The van der Waals surface area contributed by atoms with Crippen LogP contribution in [0, 0.1) is 0 Å². The summed E-state index contributed by atoms with van der Waals surface area (Å²) in [6.45, 7) is 1.81. The normalized spacial score (nSPS) is 22.0. The van der Waals surface area contributed by atoms with Gasteiger partial charge < -0.3 is 14.6 Å². The Kier molecular flexibility index (Phi) is 5.43. The Bertz CT molecular complexity index is 558. The molecule has 6 nitrogen and oxygen atoms in total. The minimum Gasteiger partial charge on any atom is -0.481 e. The molecule has 7 heteroatoms. The Labute approximate surface area is 131 Å². The maximum atomic E-state index is 12.0. The second kappa shape index (κ2) is 7.31. The molecule has 0 amide bonds. The first-order valence-corrected chi connectivity index (χ1v) is 7.79. The number of aliphatic carboxylic acids is 1. The molecule has 0 aliphatic carbocycles. The number of hydrogen-bond acceptors (Lipinski definition) is 6. The fraction of sp³-hybridized carbons (Fsp3) is 0.400. The molecule has 118 valence electrons. The van der Waals surface area contributed by atoms with Gasteiger partial charge in [0.05, 0.1) is 12.0 Å². The van der Waals surface area contributed by atoms with Gasteiger partial charge in [0.15, 0.2) is 5.44 Å². The van der Waals surface area contributed by atoms with E-state index in [9.17, 15) is 14.4 Å².